The van der Waals surface area contributed by atoms with Crippen LogP contribution in [0.3, 0.4) is 0 Å². The third-order valence-electron chi connectivity index (χ3n) is 4.78. The number of nitrogens with zero attached hydrogens (tertiary/aromatic N) is 1. The van der Waals surface area contributed by atoms with Gasteiger partial charge in [0, 0.05) is 29.5 Å². The molecule has 1 fully saturated rings. The Morgan fingerprint density at radius 2 is 2.11 bits per heavy atom. The van der Waals surface area contributed by atoms with E-state index in [0.29, 0.717) is 18.1 Å². The van der Waals surface area contributed by atoms with E-state index < -0.39 is 0 Å². The molecule has 1 aromatic rings. The first-order valence-electron chi connectivity index (χ1n) is 7.35. The van der Waals surface area contributed by atoms with Gasteiger partial charge >= 0.3 is 0 Å². The van der Waals surface area contributed by atoms with Crippen LogP contribution in [0.4, 0.5) is 0 Å². The Bertz CT molecular complexity index is 401. The van der Waals surface area contributed by atoms with Gasteiger partial charge in [0.2, 0.25) is 0 Å². The van der Waals surface area contributed by atoms with Crippen molar-refractivity contribution in [1.29, 1.82) is 0 Å². The predicted octanol–water partition coefficient (Wildman–Crippen LogP) is 3.33. The standard InChI is InChI=1S/C15H24N2S/c1-11-12-8-10-18-15(12)7-9-17(11)14-6-4-2-3-5-13(14)16/h8,10-11,13-14H,2-7,9,16H2,1H3. The number of hydrogen-bond acceptors (Lipinski definition) is 3. The van der Waals surface area contributed by atoms with Crippen molar-refractivity contribution in [3.63, 3.8) is 0 Å². The molecule has 100 valence electrons. The van der Waals surface area contributed by atoms with E-state index in [2.05, 4.69) is 23.3 Å². The Morgan fingerprint density at radius 1 is 1.28 bits per heavy atom. The lowest BCUT2D eigenvalue weighted by atomic mass is 9.94. The van der Waals surface area contributed by atoms with Crippen LogP contribution < -0.4 is 5.73 Å². The van der Waals surface area contributed by atoms with Crippen LogP contribution in [0.1, 0.15) is 55.5 Å². The maximum absolute atomic E-state index is 6.43. The van der Waals surface area contributed by atoms with Crippen molar-refractivity contribution in [1.82, 2.24) is 4.90 Å². The Balaban J connectivity index is 1.80. The summed E-state index contributed by atoms with van der Waals surface area (Å²) in [6.45, 7) is 3.56. The van der Waals surface area contributed by atoms with Gasteiger partial charge in [-0.15, -0.1) is 11.3 Å². The molecule has 2 aliphatic rings. The largest absolute Gasteiger partial charge is 0.326 e. The van der Waals surface area contributed by atoms with E-state index in [1.54, 1.807) is 10.4 Å². The molecule has 2 nitrogen and oxygen atoms in total. The maximum atomic E-state index is 6.43. The molecular weight excluding hydrogens is 240 g/mol. The quantitative estimate of drug-likeness (QED) is 0.788. The van der Waals surface area contributed by atoms with E-state index in [1.165, 1.54) is 45.1 Å². The Kier molecular flexibility index (Phi) is 3.73. The van der Waals surface area contributed by atoms with Gasteiger partial charge < -0.3 is 5.73 Å². The number of nitrogens with two attached hydrogens (primary N) is 1. The molecule has 0 aromatic carbocycles. The van der Waals surface area contributed by atoms with Crippen LogP contribution in [0.5, 0.6) is 0 Å². The highest BCUT2D eigenvalue weighted by atomic mass is 32.1. The van der Waals surface area contributed by atoms with Gasteiger partial charge in [-0.05, 0) is 43.2 Å². The zero-order valence-electron chi connectivity index (χ0n) is 11.3. The van der Waals surface area contributed by atoms with E-state index in [0.717, 1.165) is 0 Å². The smallest absolute Gasteiger partial charge is 0.0334 e. The molecule has 0 radical (unpaired) electrons. The van der Waals surface area contributed by atoms with Crippen LogP contribution in [0, 0.1) is 0 Å². The minimum Gasteiger partial charge on any atom is -0.326 e. The van der Waals surface area contributed by atoms with Crippen molar-refractivity contribution in [2.24, 2.45) is 5.73 Å². The highest BCUT2D eigenvalue weighted by Gasteiger charge is 2.33. The topological polar surface area (TPSA) is 29.3 Å². The van der Waals surface area contributed by atoms with Crippen molar-refractivity contribution in [2.45, 2.75) is 63.6 Å². The molecule has 1 aliphatic carbocycles. The van der Waals surface area contributed by atoms with Crippen molar-refractivity contribution < 1.29 is 0 Å². The fraction of sp³-hybridized carbons (Fsp3) is 0.733. The van der Waals surface area contributed by atoms with Gasteiger partial charge in [-0.25, -0.2) is 0 Å². The van der Waals surface area contributed by atoms with Crippen LogP contribution in [0.15, 0.2) is 11.4 Å². The van der Waals surface area contributed by atoms with Gasteiger partial charge in [-0.1, -0.05) is 19.3 Å². The highest BCUT2D eigenvalue weighted by molar-refractivity contribution is 7.10. The van der Waals surface area contributed by atoms with Crippen LogP contribution in [-0.4, -0.2) is 23.5 Å². The van der Waals surface area contributed by atoms with Gasteiger partial charge in [-0.2, -0.15) is 0 Å². The maximum Gasteiger partial charge on any atom is 0.0334 e. The van der Waals surface area contributed by atoms with E-state index >= 15 is 0 Å². The molecule has 3 atom stereocenters. The van der Waals surface area contributed by atoms with Crippen molar-refractivity contribution in [3.05, 3.63) is 21.9 Å². The summed E-state index contributed by atoms with van der Waals surface area (Å²) in [5.74, 6) is 0. The molecule has 0 saturated heterocycles. The third kappa shape index (κ3) is 2.24. The molecule has 2 N–H and O–H groups in total. The summed E-state index contributed by atoms with van der Waals surface area (Å²) in [6.07, 6.45) is 7.79. The van der Waals surface area contributed by atoms with Gasteiger partial charge in [0.15, 0.2) is 0 Å². The van der Waals surface area contributed by atoms with Gasteiger partial charge in [-0.3, -0.25) is 4.90 Å². The monoisotopic (exact) mass is 264 g/mol. The molecule has 1 aromatic heterocycles. The molecule has 0 bridgehead atoms. The lowest BCUT2D eigenvalue weighted by Gasteiger charge is -2.41. The molecule has 3 rings (SSSR count). The molecular formula is C15H24N2S. The number of fused-ring (bicyclic) bond motifs is 1. The Morgan fingerprint density at radius 3 is 3.00 bits per heavy atom. The zero-order chi connectivity index (χ0) is 12.5. The molecule has 0 amide bonds. The first-order chi connectivity index (χ1) is 8.77. The second-order valence-corrected chi connectivity index (χ2v) is 6.83. The van der Waals surface area contributed by atoms with Crippen LogP contribution >= 0.6 is 11.3 Å². The molecule has 0 spiro atoms. The fourth-order valence-electron chi connectivity index (χ4n) is 3.71. The Hall–Kier alpha value is -0.380. The first-order valence-corrected chi connectivity index (χ1v) is 8.23. The molecule has 2 heterocycles. The fourth-order valence-corrected chi connectivity index (χ4v) is 4.67. The Labute approximate surface area is 114 Å². The van der Waals surface area contributed by atoms with Gasteiger partial charge in [0.05, 0.1) is 0 Å². The average molecular weight is 264 g/mol. The van der Waals surface area contributed by atoms with Crippen LogP contribution in [0.2, 0.25) is 0 Å². The number of thiophene rings is 1. The summed E-state index contributed by atoms with van der Waals surface area (Å²) in [5, 5.41) is 2.25. The van der Waals surface area contributed by atoms with E-state index in [9.17, 15) is 0 Å². The summed E-state index contributed by atoms with van der Waals surface area (Å²) in [7, 11) is 0. The van der Waals surface area contributed by atoms with Crippen molar-refractivity contribution >= 4 is 11.3 Å². The predicted molar refractivity (Wildman–Crippen MR) is 78.0 cm³/mol. The van der Waals surface area contributed by atoms with Crippen LogP contribution in [0.25, 0.3) is 0 Å². The zero-order valence-corrected chi connectivity index (χ0v) is 12.1. The van der Waals surface area contributed by atoms with Crippen LogP contribution in [-0.2, 0) is 6.42 Å². The molecule has 18 heavy (non-hydrogen) atoms. The van der Waals surface area contributed by atoms with Crippen molar-refractivity contribution in [2.75, 3.05) is 6.54 Å². The summed E-state index contributed by atoms with van der Waals surface area (Å²) in [6, 6.07) is 3.87. The first kappa shape index (κ1) is 12.6. The van der Waals surface area contributed by atoms with Crippen molar-refractivity contribution in [3.8, 4) is 0 Å². The summed E-state index contributed by atoms with van der Waals surface area (Å²) in [5.41, 5.74) is 7.99. The lowest BCUT2D eigenvalue weighted by Crippen LogP contribution is -2.50. The molecule has 3 unspecified atom stereocenters. The highest BCUT2D eigenvalue weighted by Crippen LogP contribution is 2.36. The summed E-state index contributed by atoms with van der Waals surface area (Å²) >= 11 is 1.92. The third-order valence-corrected chi connectivity index (χ3v) is 5.78. The summed E-state index contributed by atoms with van der Waals surface area (Å²) in [4.78, 5) is 4.28. The van der Waals surface area contributed by atoms with Gasteiger partial charge in [0.25, 0.3) is 0 Å². The molecule has 3 heteroatoms. The van der Waals surface area contributed by atoms with E-state index in [1.807, 2.05) is 11.3 Å². The van der Waals surface area contributed by atoms with E-state index in [-0.39, 0.29) is 0 Å². The number of hydrogen-bond donors (Lipinski definition) is 1. The molecule has 1 saturated carbocycles. The second kappa shape index (κ2) is 5.32. The minimum atomic E-state index is 0.384. The molecule has 1 aliphatic heterocycles. The number of rotatable bonds is 1. The summed E-state index contributed by atoms with van der Waals surface area (Å²) < 4.78 is 0. The van der Waals surface area contributed by atoms with E-state index in [4.69, 9.17) is 5.73 Å². The SMILES string of the molecule is CC1c2ccsc2CCN1C1CCCCCC1N. The minimum absolute atomic E-state index is 0.384. The average Bonchev–Trinajstić information content (AvgIpc) is 2.75. The van der Waals surface area contributed by atoms with Gasteiger partial charge in [0.1, 0.15) is 0 Å². The second-order valence-electron chi connectivity index (χ2n) is 5.83. The normalized spacial score (nSPS) is 34.0. The lowest BCUT2D eigenvalue weighted by molar-refractivity contribution is 0.109.